The van der Waals surface area contributed by atoms with Crippen LogP contribution in [0.4, 0.5) is 0 Å². The molecular formula is C28H39NO5. The van der Waals surface area contributed by atoms with E-state index in [2.05, 4.69) is 30.5 Å². The van der Waals surface area contributed by atoms with Gasteiger partial charge in [0.15, 0.2) is 11.5 Å². The Labute approximate surface area is 203 Å². The maximum atomic E-state index is 13.1. The molecule has 0 bridgehead atoms. The third-order valence-electron chi connectivity index (χ3n) is 9.27. The molecular weight excluding hydrogens is 430 g/mol. The van der Waals surface area contributed by atoms with Crippen LogP contribution in [0.1, 0.15) is 62.6 Å². The number of fused-ring (bicyclic) bond motifs is 3. The molecule has 2 aliphatic heterocycles. The summed E-state index contributed by atoms with van der Waals surface area (Å²) in [5.74, 6) is 2.02. The minimum atomic E-state index is -0.118. The molecule has 6 heteroatoms. The number of allylic oxidation sites excluding steroid dienone is 1. The number of rotatable bonds is 6. The quantitative estimate of drug-likeness (QED) is 0.495. The van der Waals surface area contributed by atoms with E-state index in [4.69, 9.17) is 14.2 Å². The maximum Gasteiger partial charge on any atom is 0.310 e. The first-order chi connectivity index (χ1) is 16.4. The van der Waals surface area contributed by atoms with Crippen molar-refractivity contribution in [2.45, 2.75) is 64.0 Å². The highest BCUT2D eigenvalue weighted by atomic mass is 16.6. The van der Waals surface area contributed by atoms with Crippen molar-refractivity contribution >= 4 is 5.97 Å². The van der Waals surface area contributed by atoms with Gasteiger partial charge in [0, 0.05) is 31.7 Å². The molecule has 186 valence electrons. The van der Waals surface area contributed by atoms with E-state index in [0.717, 1.165) is 43.5 Å². The van der Waals surface area contributed by atoms with Gasteiger partial charge in [-0.25, -0.2) is 0 Å². The van der Waals surface area contributed by atoms with Crippen LogP contribution in [0, 0.1) is 23.2 Å². The molecule has 1 N–H and O–H groups in total. The largest absolute Gasteiger partial charge is 0.493 e. The normalized spacial score (nSPS) is 35.2. The van der Waals surface area contributed by atoms with Crippen molar-refractivity contribution in [2.75, 3.05) is 33.9 Å². The molecule has 1 aromatic carbocycles. The average Bonchev–Trinajstić information content (AvgIpc) is 3.11. The highest BCUT2D eigenvalue weighted by molar-refractivity contribution is 5.75. The molecule has 0 radical (unpaired) electrons. The van der Waals surface area contributed by atoms with Crippen LogP contribution >= 0.6 is 0 Å². The van der Waals surface area contributed by atoms with Gasteiger partial charge in [-0.05, 0) is 79.5 Å². The summed E-state index contributed by atoms with van der Waals surface area (Å²) in [4.78, 5) is 15.5. The predicted octanol–water partition coefficient (Wildman–Crippen LogP) is 4.30. The highest BCUT2D eigenvalue weighted by Gasteiger charge is 2.55. The number of benzene rings is 1. The van der Waals surface area contributed by atoms with Gasteiger partial charge in [-0.3, -0.25) is 9.69 Å². The zero-order chi connectivity index (χ0) is 24.0. The van der Waals surface area contributed by atoms with E-state index >= 15 is 0 Å². The molecule has 0 aromatic heterocycles. The van der Waals surface area contributed by atoms with Crippen LogP contribution in [0.5, 0.6) is 11.5 Å². The lowest BCUT2D eigenvalue weighted by Crippen LogP contribution is -2.46. The highest BCUT2D eigenvalue weighted by Crippen LogP contribution is 2.57. The summed E-state index contributed by atoms with van der Waals surface area (Å²) in [7, 11) is 3.30. The Balaban J connectivity index is 1.39. The molecule has 2 saturated carbocycles. The Bertz CT molecular complexity index is 960. The number of esters is 1. The summed E-state index contributed by atoms with van der Waals surface area (Å²) in [6, 6.07) is 4.15. The Morgan fingerprint density at radius 1 is 1.24 bits per heavy atom. The summed E-state index contributed by atoms with van der Waals surface area (Å²) < 4.78 is 17.1. The summed E-state index contributed by atoms with van der Waals surface area (Å²) in [5, 5.41) is 9.89. The number of aliphatic hydroxyl groups is 1. The van der Waals surface area contributed by atoms with Gasteiger partial charge in [0.25, 0.3) is 0 Å². The molecule has 4 aliphatic rings. The van der Waals surface area contributed by atoms with Crippen LogP contribution < -0.4 is 9.47 Å². The number of hydrogen-bond donors (Lipinski definition) is 1. The van der Waals surface area contributed by atoms with Crippen LogP contribution in [-0.2, 0) is 16.0 Å². The van der Waals surface area contributed by atoms with Crippen molar-refractivity contribution in [1.82, 2.24) is 4.90 Å². The van der Waals surface area contributed by atoms with Crippen molar-refractivity contribution in [1.29, 1.82) is 0 Å². The summed E-state index contributed by atoms with van der Waals surface area (Å²) in [5.41, 5.74) is 3.98. The molecule has 6 nitrogen and oxygen atoms in total. The Kier molecular flexibility index (Phi) is 6.40. The maximum absolute atomic E-state index is 13.1. The van der Waals surface area contributed by atoms with Gasteiger partial charge in [-0.15, -0.1) is 0 Å². The van der Waals surface area contributed by atoms with E-state index in [1.165, 1.54) is 24.0 Å². The smallest absolute Gasteiger partial charge is 0.310 e. The molecule has 34 heavy (non-hydrogen) atoms. The molecule has 2 heterocycles. The van der Waals surface area contributed by atoms with Crippen molar-refractivity contribution < 1.29 is 24.1 Å². The van der Waals surface area contributed by atoms with E-state index in [0.29, 0.717) is 24.6 Å². The lowest BCUT2D eigenvalue weighted by molar-refractivity contribution is -0.146. The number of carbonyl (C=O) groups excluding carboxylic acids is 1. The fourth-order valence-corrected chi connectivity index (χ4v) is 7.48. The van der Waals surface area contributed by atoms with Gasteiger partial charge >= 0.3 is 5.97 Å². The lowest BCUT2D eigenvalue weighted by atomic mass is 9.55. The molecule has 0 amide bonds. The van der Waals surface area contributed by atoms with Crippen LogP contribution in [0.25, 0.3) is 0 Å². The van der Waals surface area contributed by atoms with Gasteiger partial charge < -0.3 is 19.3 Å². The fourth-order valence-electron chi connectivity index (χ4n) is 7.48. The standard InChI is InChI=1S/C28H39NO5/c1-17-6-5-9-28(2)15-26-20(13-22(17)28)21(27(31)34-26)16-29-10-7-18-12-24(32-3)25(33-4)14-19(18)23(29)8-11-30/h12,14,20-23,26,30H,1,5-11,13,15-16H2,2-4H3/t20-,21+,22+,23+,26-,28-/m1/s1. The van der Waals surface area contributed by atoms with Gasteiger partial charge in [0.2, 0.25) is 0 Å². The SMILES string of the molecule is C=C1CCC[C@]2(C)C[C@H]3OC(=O)[C@@H](CN4CCc5cc(OC)c(OC)cc5[C@@H]4CCO)[C@H]3C[C@@H]12. The molecule has 1 aromatic rings. The molecule has 5 rings (SSSR count). The second-order valence-electron chi connectivity index (χ2n) is 11.1. The average molecular weight is 470 g/mol. The number of ether oxygens (including phenoxy) is 3. The molecule has 2 aliphatic carbocycles. The van der Waals surface area contributed by atoms with Crippen molar-refractivity contribution in [2.24, 2.45) is 23.2 Å². The van der Waals surface area contributed by atoms with Gasteiger partial charge in [-0.2, -0.15) is 0 Å². The predicted molar refractivity (Wildman–Crippen MR) is 130 cm³/mol. The van der Waals surface area contributed by atoms with E-state index in [-0.39, 0.29) is 42.0 Å². The summed E-state index contributed by atoms with van der Waals surface area (Å²) in [6.45, 7) is 8.42. The van der Waals surface area contributed by atoms with Crippen LogP contribution in [0.2, 0.25) is 0 Å². The molecule has 3 fully saturated rings. The fraction of sp³-hybridized carbons (Fsp3) is 0.679. The second-order valence-corrected chi connectivity index (χ2v) is 11.1. The molecule has 6 atom stereocenters. The lowest BCUT2D eigenvalue weighted by Gasteiger charge is -2.50. The van der Waals surface area contributed by atoms with Gasteiger partial charge in [-0.1, -0.05) is 19.1 Å². The van der Waals surface area contributed by atoms with E-state index in [1.807, 2.05) is 0 Å². The molecule has 0 unspecified atom stereocenters. The minimum Gasteiger partial charge on any atom is -0.493 e. The van der Waals surface area contributed by atoms with Crippen molar-refractivity contribution in [3.8, 4) is 11.5 Å². The number of nitrogens with zero attached hydrogens (tertiary/aromatic N) is 1. The molecule has 1 saturated heterocycles. The van der Waals surface area contributed by atoms with Gasteiger partial charge in [0.05, 0.1) is 20.1 Å². The van der Waals surface area contributed by atoms with E-state index in [9.17, 15) is 9.90 Å². The summed E-state index contributed by atoms with van der Waals surface area (Å²) >= 11 is 0. The zero-order valence-electron chi connectivity index (χ0n) is 20.8. The third kappa shape index (κ3) is 3.93. The minimum absolute atomic E-state index is 0.0300. The Morgan fingerprint density at radius 2 is 2.00 bits per heavy atom. The number of hydrogen-bond acceptors (Lipinski definition) is 6. The summed E-state index contributed by atoms with van der Waals surface area (Å²) in [6.07, 6.45) is 7.02. The third-order valence-corrected chi connectivity index (χ3v) is 9.27. The second kappa shape index (κ2) is 9.19. The van der Waals surface area contributed by atoms with E-state index in [1.54, 1.807) is 14.2 Å². The Hall–Kier alpha value is -2.05. The number of carbonyl (C=O) groups is 1. The van der Waals surface area contributed by atoms with E-state index < -0.39 is 0 Å². The topological polar surface area (TPSA) is 68.2 Å². The van der Waals surface area contributed by atoms with Crippen LogP contribution in [0.15, 0.2) is 24.3 Å². The zero-order valence-corrected chi connectivity index (χ0v) is 20.8. The first kappa shape index (κ1) is 23.7. The first-order valence-electron chi connectivity index (χ1n) is 12.9. The van der Waals surface area contributed by atoms with Crippen LogP contribution in [-0.4, -0.2) is 56.0 Å². The van der Waals surface area contributed by atoms with Crippen molar-refractivity contribution in [3.63, 3.8) is 0 Å². The van der Waals surface area contributed by atoms with Gasteiger partial charge in [0.1, 0.15) is 6.10 Å². The Morgan fingerprint density at radius 3 is 2.74 bits per heavy atom. The number of methoxy groups -OCH3 is 2. The molecule has 0 spiro atoms. The van der Waals surface area contributed by atoms with Crippen LogP contribution in [0.3, 0.4) is 0 Å². The monoisotopic (exact) mass is 469 g/mol. The number of aliphatic hydroxyl groups excluding tert-OH is 1. The van der Waals surface area contributed by atoms with Crippen molar-refractivity contribution in [3.05, 3.63) is 35.4 Å². The first-order valence-corrected chi connectivity index (χ1v) is 12.9.